The van der Waals surface area contributed by atoms with Crippen LogP contribution in [0.25, 0.3) is 11.3 Å². The van der Waals surface area contributed by atoms with Crippen molar-refractivity contribution >= 4 is 11.6 Å². The zero-order valence-electron chi connectivity index (χ0n) is 8.10. The van der Waals surface area contributed by atoms with Gasteiger partial charge in [-0.3, -0.25) is 4.68 Å². The quantitative estimate of drug-likeness (QED) is 0.865. The van der Waals surface area contributed by atoms with Gasteiger partial charge in [0, 0.05) is 16.8 Å². The van der Waals surface area contributed by atoms with Gasteiger partial charge in [-0.25, -0.2) is 0 Å². The van der Waals surface area contributed by atoms with E-state index < -0.39 is 0 Å². The molecule has 0 amide bonds. The molecule has 0 aliphatic heterocycles. The minimum Gasteiger partial charge on any atom is -0.394 e. The number of hydrogen-bond acceptors (Lipinski definition) is 2. The molecule has 15 heavy (non-hydrogen) atoms. The van der Waals surface area contributed by atoms with E-state index in [4.69, 9.17) is 16.7 Å². The second-order valence-electron chi connectivity index (χ2n) is 3.17. The topological polar surface area (TPSA) is 38.0 Å². The maximum Gasteiger partial charge on any atom is 0.0683 e. The SMILES string of the molecule is OCCn1nccc1-c1cccc(Cl)c1. The Bertz CT molecular complexity index is 453. The smallest absolute Gasteiger partial charge is 0.0683 e. The molecule has 1 N–H and O–H groups in total. The number of aliphatic hydroxyl groups excluding tert-OH is 1. The first-order valence-corrected chi connectivity index (χ1v) is 5.07. The van der Waals surface area contributed by atoms with Gasteiger partial charge in [0.05, 0.1) is 18.8 Å². The van der Waals surface area contributed by atoms with Gasteiger partial charge in [0.25, 0.3) is 0 Å². The highest BCUT2D eigenvalue weighted by atomic mass is 35.5. The Kier molecular flexibility index (Phi) is 3.04. The molecule has 4 heteroatoms. The Morgan fingerprint density at radius 3 is 2.93 bits per heavy atom. The molecule has 0 fully saturated rings. The Morgan fingerprint density at radius 2 is 2.20 bits per heavy atom. The van der Waals surface area contributed by atoms with Crippen LogP contribution in [0.4, 0.5) is 0 Å². The first-order valence-electron chi connectivity index (χ1n) is 4.70. The first-order chi connectivity index (χ1) is 7.31. The number of aromatic nitrogens is 2. The Morgan fingerprint density at radius 1 is 1.33 bits per heavy atom. The summed E-state index contributed by atoms with van der Waals surface area (Å²) in [6, 6.07) is 9.48. The predicted octanol–water partition coefficient (Wildman–Crippen LogP) is 2.20. The van der Waals surface area contributed by atoms with E-state index in [0.29, 0.717) is 11.6 Å². The van der Waals surface area contributed by atoms with Crippen molar-refractivity contribution in [3.63, 3.8) is 0 Å². The predicted molar refractivity (Wildman–Crippen MR) is 59.8 cm³/mol. The minimum absolute atomic E-state index is 0.0786. The van der Waals surface area contributed by atoms with Crippen molar-refractivity contribution in [1.29, 1.82) is 0 Å². The number of halogens is 1. The zero-order valence-corrected chi connectivity index (χ0v) is 8.85. The average Bonchev–Trinajstić information content (AvgIpc) is 2.66. The van der Waals surface area contributed by atoms with Crippen LogP contribution in [0.2, 0.25) is 5.02 Å². The maximum absolute atomic E-state index is 8.88. The van der Waals surface area contributed by atoms with Crippen molar-refractivity contribution in [2.24, 2.45) is 0 Å². The number of hydrogen-bond donors (Lipinski definition) is 1. The van der Waals surface area contributed by atoms with Gasteiger partial charge < -0.3 is 5.11 Å². The van der Waals surface area contributed by atoms with E-state index in [-0.39, 0.29) is 6.61 Å². The van der Waals surface area contributed by atoms with Crippen molar-refractivity contribution < 1.29 is 5.11 Å². The second-order valence-corrected chi connectivity index (χ2v) is 3.61. The van der Waals surface area contributed by atoms with Crippen LogP contribution in [0, 0.1) is 0 Å². The summed E-state index contributed by atoms with van der Waals surface area (Å²) in [4.78, 5) is 0. The Balaban J connectivity index is 2.40. The fraction of sp³-hybridized carbons (Fsp3) is 0.182. The summed E-state index contributed by atoms with van der Waals surface area (Å²) in [6.45, 7) is 0.574. The summed E-state index contributed by atoms with van der Waals surface area (Å²) in [7, 11) is 0. The fourth-order valence-electron chi connectivity index (χ4n) is 1.50. The normalized spacial score (nSPS) is 10.5. The van der Waals surface area contributed by atoms with Crippen LogP contribution in [-0.2, 0) is 6.54 Å². The van der Waals surface area contributed by atoms with Gasteiger partial charge in [-0.2, -0.15) is 5.10 Å². The lowest BCUT2D eigenvalue weighted by atomic mass is 10.1. The fourth-order valence-corrected chi connectivity index (χ4v) is 1.69. The van der Waals surface area contributed by atoms with Gasteiger partial charge >= 0.3 is 0 Å². The highest BCUT2D eigenvalue weighted by Crippen LogP contribution is 2.22. The van der Waals surface area contributed by atoms with Crippen LogP contribution < -0.4 is 0 Å². The van der Waals surface area contributed by atoms with Crippen molar-refractivity contribution in [2.45, 2.75) is 6.54 Å². The summed E-state index contributed by atoms with van der Waals surface area (Å²) in [5.74, 6) is 0. The lowest BCUT2D eigenvalue weighted by Crippen LogP contribution is -2.05. The second kappa shape index (κ2) is 4.47. The van der Waals surface area contributed by atoms with Gasteiger partial charge in [0.1, 0.15) is 0 Å². The molecule has 0 unspecified atom stereocenters. The van der Waals surface area contributed by atoms with E-state index in [1.54, 1.807) is 10.9 Å². The third kappa shape index (κ3) is 2.19. The average molecular weight is 223 g/mol. The minimum atomic E-state index is 0.0786. The number of aliphatic hydroxyl groups is 1. The lowest BCUT2D eigenvalue weighted by Gasteiger charge is -2.05. The molecular formula is C11H11ClN2O. The van der Waals surface area contributed by atoms with Crippen molar-refractivity contribution in [3.05, 3.63) is 41.6 Å². The van der Waals surface area contributed by atoms with E-state index in [9.17, 15) is 0 Å². The monoisotopic (exact) mass is 222 g/mol. The molecule has 1 aromatic heterocycles. The zero-order chi connectivity index (χ0) is 10.7. The van der Waals surface area contributed by atoms with Crippen molar-refractivity contribution in [3.8, 4) is 11.3 Å². The van der Waals surface area contributed by atoms with E-state index in [1.807, 2.05) is 30.3 Å². The van der Waals surface area contributed by atoms with Crippen molar-refractivity contribution in [1.82, 2.24) is 9.78 Å². The molecule has 0 saturated carbocycles. The molecule has 0 saturated heterocycles. The molecule has 0 radical (unpaired) electrons. The van der Waals surface area contributed by atoms with E-state index in [2.05, 4.69) is 5.10 Å². The number of benzene rings is 1. The molecule has 2 rings (SSSR count). The molecule has 1 heterocycles. The van der Waals surface area contributed by atoms with Gasteiger partial charge in [-0.15, -0.1) is 0 Å². The highest BCUT2D eigenvalue weighted by Gasteiger charge is 2.04. The van der Waals surface area contributed by atoms with E-state index >= 15 is 0 Å². The van der Waals surface area contributed by atoms with Gasteiger partial charge in [-0.1, -0.05) is 23.7 Å². The molecule has 0 atom stereocenters. The molecule has 1 aromatic carbocycles. The number of nitrogens with zero attached hydrogens (tertiary/aromatic N) is 2. The van der Waals surface area contributed by atoms with Gasteiger partial charge in [0.15, 0.2) is 0 Å². The van der Waals surface area contributed by atoms with E-state index in [0.717, 1.165) is 11.3 Å². The molecule has 0 aliphatic carbocycles. The largest absolute Gasteiger partial charge is 0.394 e. The Labute approximate surface area is 92.9 Å². The summed E-state index contributed by atoms with van der Waals surface area (Å²) in [5.41, 5.74) is 1.97. The third-order valence-corrected chi connectivity index (χ3v) is 2.38. The standard InChI is InChI=1S/C11H11ClN2O/c12-10-3-1-2-9(8-10)11-4-5-13-14(11)6-7-15/h1-5,8,15H,6-7H2. The molecule has 2 aromatic rings. The van der Waals surface area contributed by atoms with Crippen LogP contribution in [0.15, 0.2) is 36.5 Å². The third-order valence-electron chi connectivity index (χ3n) is 2.15. The Hall–Kier alpha value is -1.32. The summed E-state index contributed by atoms with van der Waals surface area (Å²) < 4.78 is 1.76. The maximum atomic E-state index is 8.88. The van der Waals surface area contributed by atoms with Gasteiger partial charge in [0.2, 0.25) is 0 Å². The van der Waals surface area contributed by atoms with Crippen molar-refractivity contribution in [2.75, 3.05) is 6.61 Å². The van der Waals surface area contributed by atoms with E-state index in [1.165, 1.54) is 0 Å². The van der Waals surface area contributed by atoms with Crippen LogP contribution in [0.3, 0.4) is 0 Å². The lowest BCUT2D eigenvalue weighted by molar-refractivity contribution is 0.270. The molecular weight excluding hydrogens is 212 g/mol. The summed E-state index contributed by atoms with van der Waals surface area (Å²) in [6.07, 6.45) is 1.71. The molecule has 0 aliphatic rings. The summed E-state index contributed by atoms with van der Waals surface area (Å²) >= 11 is 5.91. The van der Waals surface area contributed by atoms with Gasteiger partial charge in [-0.05, 0) is 18.2 Å². The van der Waals surface area contributed by atoms with Crippen LogP contribution in [0.1, 0.15) is 0 Å². The number of rotatable bonds is 3. The van der Waals surface area contributed by atoms with Crippen LogP contribution in [-0.4, -0.2) is 21.5 Å². The molecule has 3 nitrogen and oxygen atoms in total. The first kappa shape index (κ1) is 10.2. The summed E-state index contributed by atoms with van der Waals surface area (Å²) in [5, 5.41) is 13.7. The van der Waals surface area contributed by atoms with Crippen LogP contribution in [0.5, 0.6) is 0 Å². The molecule has 0 spiro atoms. The molecule has 78 valence electrons. The molecule has 0 bridgehead atoms. The van der Waals surface area contributed by atoms with Crippen LogP contribution >= 0.6 is 11.6 Å². The highest BCUT2D eigenvalue weighted by molar-refractivity contribution is 6.30.